The van der Waals surface area contributed by atoms with Crippen LogP contribution in [0.4, 0.5) is 0 Å². The van der Waals surface area contributed by atoms with Gasteiger partial charge in [-0.15, -0.1) is 0 Å². The molecule has 0 saturated carbocycles. The van der Waals surface area contributed by atoms with Crippen molar-refractivity contribution >= 4 is 0 Å². The first-order valence-corrected chi connectivity index (χ1v) is 8.99. The Kier molecular flexibility index (Phi) is 9.15. The Morgan fingerprint density at radius 2 is 1.68 bits per heavy atom. The quantitative estimate of drug-likeness (QED) is 0.316. The van der Waals surface area contributed by atoms with Crippen molar-refractivity contribution in [2.45, 2.75) is 70.8 Å². The van der Waals surface area contributed by atoms with E-state index in [-0.39, 0.29) is 5.60 Å². The second kappa shape index (κ2) is 10.6. The van der Waals surface area contributed by atoms with Gasteiger partial charge >= 0.3 is 0 Å². The number of methoxy groups -OCH3 is 1. The number of ether oxygens (including phenoxy) is 1. The molecule has 0 N–H and O–H groups in total. The zero-order valence-electron chi connectivity index (χ0n) is 14.8. The van der Waals surface area contributed by atoms with Crippen molar-refractivity contribution in [1.29, 1.82) is 0 Å². The molecule has 0 amide bonds. The van der Waals surface area contributed by atoms with Crippen LogP contribution in [0.2, 0.25) is 0 Å². The van der Waals surface area contributed by atoms with Crippen LogP contribution in [0.15, 0.2) is 43.0 Å². The van der Waals surface area contributed by atoms with Crippen molar-refractivity contribution < 1.29 is 4.74 Å². The Bertz CT molecular complexity index is 398. The summed E-state index contributed by atoms with van der Waals surface area (Å²) in [5, 5.41) is 0. The molecule has 1 heteroatoms. The number of hydrogen-bond acceptors (Lipinski definition) is 1. The molecule has 0 aliphatic heterocycles. The summed E-state index contributed by atoms with van der Waals surface area (Å²) in [5.41, 5.74) is 0.879. The molecule has 2 atom stereocenters. The maximum atomic E-state index is 6.00. The van der Waals surface area contributed by atoms with Crippen LogP contribution in [0.3, 0.4) is 0 Å². The Balaban J connectivity index is 2.69. The highest BCUT2D eigenvalue weighted by atomic mass is 16.5. The largest absolute Gasteiger partial charge is 0.369 e. The van der Waals surface area contributed by atoms with Gasteiger partial charge in [0.1, 0.15) is 5.60 Å². The molecule has 1 nitrogen and oxygen atoms in total. The minimum atomic E-state index is -0.348. The van der Waals surface area contributed by atoms with Gasteiger partial charge in [0.2, 0.25) is 0 Å². The standard InChI is InChI=1S/C21H34O/c1-5-8-9-10-11-13-16-19(6-2)21(7-3,22-4)20-17-14-12-15-18-20/h7,12,14-15,17-19H,3,5-6,8-11,13,16H2,1-2,4H3. The zero-order valence-corrected chi connectivity index (χ0v) is 14.8. The molecule has 0 fully saturated rings. The third-order valence-corrected chi connectivity index (χ3v) is 4.87. The van der Waals surface area contributed by atoms with Crippen molar-refractivity contribution in [2.75, 3.05) is 7.11 Å². The molecule has 1 rings (SSSR count). The molecule has 0 heterocycles. The second-order valence-corrected chi connectivity index (χ2v) is 6.23. The molecule has 22 heavy (non-hydrogen) atoms. The van der Waals surface area contributed by atoms with Gasteiger partial charge in [-0.25, -0.2) is 0 Å². The van der Waals surface area contributed by atoms with Crippen LogP contribution in [0.25, 0.3) is 0 Å². The molecule has 0 aliphatic carbocycles. The zero-order chi connectivity index (χ0) is 16.3. The van der Waals surface area contributed by atoms with E-state index in [1.54, 1.807) is 0 Å². The van der Waals surface area contributed by atoms with Crippen LogP contribution in [0, 0.1) is 5.92 Å². The molecule has 2 unspecified atom stereocenters. The highest BCUT2D eigenvalue weighted by Crippen LogP contribution is 2.39. The van der Waals surface area contributed by atoms with Gasteiger partial charge in [0.15, 0.2) is 0 Å². The lowest BCUT2D eigenvalue weighted by Crippen LogP contribution is -2.35. The van der Waals surface area contributed by atoms with E-state index in [0.29, 0.717) is 5.92 Å². The average Bonchev–Trinajstić information content (AvgIpc) is 2.58. The van der Waals surface area contributed by atoms with E-state index >= 15 is 0 Å². The molecule has 124 valence electrons. The van der Waals surface area contributed by atoms with Gasteiger partial charge in [0.05, 0.1) is 0 Å². The van der Waals surface area contributed by atoms with E-state index in [2.05, 4.69) is 50.8 Å². The fourth-order valence-corrected chi connectivity index (χ4v) is 3.48. The second-order valence-electron chi connectivity index (χ2n) is 6.23. The molecule has 0 aromatic heterocycles. The van der Waals surface area contributed by atoms with Crippen molar-refractivity contribution in [1.82, 2.24) is 0 Å². The summed E-state index contributed by atoms with van der Waals surface area (Å²) in [6, 6.07) is 10.6. The predicted octanol–water partition coefficient (Wildman–Crippen LogP) is 6.49. The Hall–Kier alpha value is -1.08. The van der Waals surface area contributed by atoms with E-state index in [1.165, 1.54) is 50.5 Å². The van der Waals surface area contributed by atoms with Gasteiger partial charge in [0.25, 0.3) is 0 Å². The lowest BCUT2D eigenvalue weighted by Gasteiger charge is -2.37. The number of rotatable bonds is 12. The monoisotopic (exact) mass is 302 g/mol. The van der Waals surface area contributed by atoms with Crippen LogP contribution in [-0.2, 0) is 10.3 Å². The van der Waals surface area contributed by atoms with Gasteiger partial charge in [-0.1, -0.05) is 95.4 Å². The first-order valence-electron chi connectivity index (χ1n) is 8.99. The highest BCUT2D eigenvalue weighted by Gasteiger charge is 2.36. The van der Waals surface area contributed by atoms with Crippen LogP contribution >= 0.6 is 0 Å². The van der Waals surface area contributed by atoms with E-state index in [0.717, 1.165) is 6.42 Å². The molecule has 0 bridgehead atoms. The normalized spacial score (nSPS) is 15.2. The lowest BCUT2D eigenvalue weighted by molar-refractivity contribution is -0.0280. The fraction of sp³-hybridized carbons (Fsp3) is 0.619. The summed E-state index contributed by atoms with van der Waals surface area (Å²) < 4.78 is 6.00. The predicted molar refractivity (Wildman–Crippen MR) is 97.1 cm³/mol. The van der Waals surface area contributed by atoms with Gasteiger partial charge in [-0.2, -0.15) is 0 Å². The summed E-state index contributed by atoms with van der Waals surface area (Å²) >= 11 is 0. The Morgan fingerprint density at radius 3 is 2.23 bits per heavy atom. The summed E-state index contributed by atoms with van der Waals surface area (Å²) in [5.74, 6) is 0.489. The van der Waals surface area contributed by atoms with Crippen LogP contribution in [-0.4, -0.2) is 7.11 Å². The van der Waals surface area contributed by atoms with Crippen LogP contribution in [0.5, 0.6) is 0 Å². The van der Waals surface area contributed by atoms with Gasteiger partial charge < -0.3 is 4.74 Å². The average molecular weight is 303 g/mol. The summed E-state index contributed by atoms with van der Waals surface area (Å²) in [7, 11) is 1.82. The molecule has 0 saturated heterocycles. The van der Waals surface area contributed by atoms with E-state index in [1.807, 2.05) is 13.2 Å². The van der Waals surface area contributed by atoms with E-state index in [4.69, 9.17) is 4.74 Å². The summed E-state index contributed by atoms with van der Waals surface area (Å²) in [4.78, 5) is 0. The maximum absolute atomic E-state index is 6.00. The van der Waals surface area contributed by atoms with Gasteiger partial charge in [-0.3, -0.25) is 0 Å². The van der Waals surface area contributed by atoms with E-state index in [9.17, 15) is 0 Å². The molecular weight excluding hydrogens is 268 g/mol. The van der Waals surface area contributed by atoms with Gasteiger partial charge in [0, 0.05) is 7.11 Å². The van der Waals surface area contributed by atoms with Crippen molar-refractivity contribution in [2.24, 2.45) is 5.92 Å². The highest BCUT2D eigenvalue weighted by molar-refractivity contribution is 5.28. The minimum absolute atomic E-state index is 0.348. The smallest absolute Gasteiger partial charge is 0.113 e. The number of benzene rings is 1. The molecule has 1 aromatic rings. The topological polar surface area (TPSA) is 9.23 Å². The molecule has 0 aliphatic rings. The Labute approximate surface area is 137 Å². The molecule has 0 radical (unpaired) electrons. The van der Waals surface area contributed by atoms with Crippen molar-refractivity contribution in [3.05, 3.63) is 48.6 Å². The van der Waals surface area contributed by atoms with Gasteiger partial charge in [-0.05, 0) is 24.3 Å². The molecular formula is C21H34O. The molecule has 1 aromatic carbocycles. The maximum Gasteiger partial charge on any atom is 0.113 e. The third-order valence-electron chi connectivity index (χ3n) is 4.87. The van der Waals surface area contributed by atoms with E-state index < -0.39 is 0 Å². The Morgan fingerprint density at radius 1 is 1.05 bits per heavy atom. The molecule has 0 spiro atoms. The summed E-state index contributed by atoms with van der Waals surface area (Å²) in [6.07, 6.45) is 12.4. The fourth-order valence-electron chi connectivity index (χ4n) is 3.48. The SMILES string of the molecule is C=CC(OC)(c1ccccc1)C(CC)CCCCCCCC. The first-order chi connectivity index (χ1) is 10.7. The minimum Gasteiger partial charge on any atom is -0.369 e. The number of unbranched alkanes of at least 4 members (excludes halogenated alkanes) is 5. The van der Waals surface area contributed by atoms with Crippen molar-refractivity contribution in [3.63, 3.8) is 0 Å². The summed E-state index contributed by atoms with van der Waals surface area (Å²) in [6.45, 7) is 8.63. The van der Waals surface area contributed by atoms with Crippen LogP contribution < -0.4 is 0 Å². The van der Waals surface area contributed by atoms with Crippen molar-refractivity contribution in [3.8, 4) is 0 Å². The first kappa shape index (κ1) is 19.0. The number of hydrogen-bond donors (Lipinski definition) is 0. The third kappa shape index (κ3) is 4.98. The lowest BCUT2D eigenvalue weighted by atomic mass is 9.77. The van der Waals surface area contributed by atoms with Crippen LogP contribution in [0.1, 0.15) is 70.8 Å².